The first-order valence-electron chi connectivity index (χ1n) is 9.24. The predicted octanol–water partition coefficient (Wildman–Crippen LogP) is 4.23. The molecule has 8 nitrogen and oxygen atoms in total. The average molecular weight is 407 g/mol. The SMILES string of the molecule is CC(=O)Nc1ccc2nc(NC(=O)c3cc(C4CC4)nc4onc(C)c34)sc2c1. The quantitative estimate of drug-likeness (QED) is 0.524. The third-order valence-electron chi connectivity index (χ3n) is 4.81. The average Bonchev–Trinajstić information content (AvgIpc) is 3.36. The molecule has 5 rings (SSSR count). The summed E-state index contributed by atoms with van der Waals surface area (Å²) in [5.74, 6) is -0.0302. The molecule has 0 unspecified atom stereocenters. The molecule has 2 amide bonds. The van der Waals surface area contributed by atoms with Crippen molar-refractivity contribution < 1.29 is 14.1 Å². The van der Waals surface area contributed by atoms with Gasteiger partial charge in [0.1, 0.15) is 0 Å². The molecule has 3 aromatic heterocycles. The van der Waals surface area contributed by atoms with Crippen LogP contribution in [0.1, 0.15) is 47.4 Å². The summed E-state index contributed by atoms with van der Waals surface area (Å²) in [4.78, 5) is 33.3. The van der Waals surface area contributed by atoms with Crippen LogP contribution in [0.15, 0.2) is 28.8 Å². The summed E-state index contributed by atoms with van der Waals surface area (Å²) in [7, 11) is 0. The van der Waals surface area contributed by atoms with Crippen molar-refractivity contribution in [3.8, 4) is 0 Å². The minimum atomic E-state index is -0.272. The van der Waals surface area contributed by atoms with Crippen LogP contribution in [-0.4, -0.2) is 26.9 Å². The fourth-order valence-electron chi connectivity index (χ4n) is 3.30. The van der Waals surface area contributed by atoms with Gasteiger partial charge in [0, 0.05) is 24.2 Å². The number of rotatable bonds is 4. The molecule has 9 heteroatoms. The Labute approximate surface area is 169 Å². The van der Waals surface area contributed by atoms with Gasteiger partial charge in [-0.1, -0.05) is 16.5 Å². The Morgan fingerprint density at radius 3 is 2.76 bits per heavy atom. The molecule has 4 aromatic rings. The van der Waals surface area contributed by atoms with Gasteiger partial charge in [-0.2, -0.15) is 0 Å². The molecule has 0 aliphatic heterocycles. The van der Waals surface area contributed by atoms with E-state index in [4.69, 9.17) is 4.52 Å². The number of pyridine rings is 1. The van der Waals surface area contributed by atoms with Crippen LogP contribution in [0.2, 0.25) is 0 Å². The number of carbonyl (C=O) groups is 2. The van der Waals surface area contributed by atoms with Gasteiger partial charge < -0.3 is 9.84 Å². The Balaban J connectivity index is 1.48. The standard InChI is InChI=1S/C20H17N5O3S/c1-9-17-13(8-15(11-3-4-11)22-19(17)28-25-9)18(27)24-20-23-14-6-5-12(21-10(2)26)7-16(14)29-20/h5-8,11H,3-4H2,1-2H3,(H,21,26)(H,23,24,27). The number of hydrogen-bond acceptors (Lipinski definition) is 7. The molecule has 0 spiro atoms. The molecule has 1 aromatic carbocycles. The van der Waals surface area contributed by atoms with E-state index in [2.05, 4.69) is 25.8 Å². The van der Waals surface area contributed by atoms with Gasteiger partial charge in [-0.3, -0.25) is 14.9 Å². The number of hydrogen-bond donors (Lipinski definition) is 2. The smallest absolute Gasteiger partial charge is 0.259 e. The zero-order valence-corrected chi connectivity index (χ0v) is 16.6. The Hall–Kier alpha value is -3.33. The number of benzene rings is 1. The number of nitrogens with one attached hydrogen (secondary N) is 2. The van der Waals surface area contributed by atoms with Crippen molar-refractivity contribution in [2.75, 3.05) is 10.6 Å². The normalized spacial score (nSPS) is 13.7. The van der Waals surface area contributed by atoms with Crippen LogP contribution in [0.3, 0.4) is 0 Å². The van der Waals surface area contributed by atoms with Crippen molar-refractivity contribution in [3.63, 3.8) is 0 Å². The number of anilines is 2. The first kappa shape index (κ1) is 17.7. The molecule has 29 heavy (non-hydrogen) atoms. The molecule has 2 N–H and O–H groups in total. The number of fused-ring (bicyclic) bond motifs is 2. The number of amides is 2. The van der Waals surface area contributed by atoms with Crippen LogP contribution in [0.25, 0.3) is 21.3 Å². The molecular weight excluding hydrogens is 390 g/mol. The zero-order valence-electron chi connectivity index (χ0n) is 15.8. The number of aromatic nitrogens is 3. The third-order valence-corrected chi connectivity index (χ3v) is 5.74. The number of aryl methyl sites for hydroxylation is 1. The fraction of sp³-hybridized carbons (Fsp3) is 0.250. The summed E-state index contributed by atoms with van der Waals surface area (Å²) in [5.41, 5.74) is 3.82. The maximum absolute atomic E-state index is 13.1. The van der Waals surface area contributed by atoms with Gasteiger partial charge in [0.05, 0.1) is 26.9 Å². The van der Waals surface area contributed by atoms with Crippen LogP contribution >= 0.6 is 11.3 Å². The lowest BCUT2D eigenvalue weighted by molar-refractivity contribution is -0.114. The molecule has 0 radical (unpaired) electrons. The van der Waals surface area contributed by atoms with E-state index >= 15 is 0 Å². The second kappa shape index (κ2) is 6.63. The molecular formula is C20H17N5O3S. The summed E-state index contributed by atoms with van der Waals surface area (Å²) in [6, 6.07) is 7.27. The topological polar surface area (TPSA) is 110 Å². The number of carbonyl (C=O) groups excluding carboxylic acids is 2. The number of nitrogens with zero attached hydrogens (tertiary/aromatic N) is 3. The van der Waals surface area contributed by atoms with E-state index in [-0.39, 0.29) is 11.8 Å². The van der Waals surface area contributed by atoms with Crippen LogP contribution in [-0.2, 0) is 4.79 Å². The van der Waals surface area contributed by atoms with E-state index in [1.54, 1.807) is 13.0 Å². The Kier molecular flexibility index (Phi) is 4.06. The lowest BCUT2D eigenvalue weighted by atomic mass is 10.1. The lowest BCUT2D eigenvalue weighted by Gasteiger charge is -2.05. The van der Waals surface area contributed by atoms with Gasteiger partial charge in [0.25, 0.3) is 11.6 Å². The molecule has 1 aliphatic rings. The summed E-state index contributed by atoms with van der Waals surface area (Å²) in [6.45, 7) is 3.25. The van der Waals surface area contributed by atoms with Crippen LogP contribution in [0.4, 0.5) is 10.8 Å². The molecule has 0 bridgehead atoms. The molecule has 1 fully saturated rings. The van der Waals surface area contributed by atoms with E-state index in [0.717, 1.165) is 28.8 Å². The van der Waals surface area contributed by atoms with Crippen molar-refractivity contribution in [3.05, 3.63) is 41.2 Å². The minimum Gasteiger partial charge on any atom is -0.336 e. The number of thiazole rings is 1. The molecule has 1 aliphatic carbocycles. The van der Waals surface area contributed by atoms with Crippen molar-refractivity contribution in [1.82, 2.24) is 15.1 Å². The second-order valence-corrected chi connectivity index (χ2v) is 8.18. The first-order valence-corrected chi connectivity index (χ1v) is 10.1. The maximum atomic E-state index is 13.1. The Bertz CT molecular complexity index is 1290. The minimum absolute atomic E-state index is 0.139. The summed E-state index contributed by atoms with van der Waals surface area (Å²) >= 11 is 1.35. The highest BCUT2D eigenvalue weighted by atomic mass is 32.1. The van der Waals surface area contributed by atoms with Crippen LogP contribution in [0, 0.1) is 6.92 Å². The molecule has 1 saturated carbocycles. The highest BCUT2D eigenvalue weighted by molar-refractivity contribution is 7.22. The fourth-order valence-corrected chi connectivity index (χ4v) is 4.20. The highest BCUT2D eigenvalue weighted by Gasteiger charge is 2.28. The van der Waals surface area contributed by atoms with E-state index in [9.17, 15) is 9.59 Å². The monoisotopic (exact) mass is 407 g/mol. The Morgan fingerprint density at radius 2 is 2.00 bits per heavy atom. The molecule has 0 atom stereocenters. The van der Waals surface area contributed by atoms with E-state index in [0.29, 0.717) is 39.1 Å². The zero-order chi connectivity index (χ0) is 20.1. The van der Waals surface area contributed by atoms with Gasteiger partial charge in [-0.05, 0) is 44.0 Å². The summed E-state index contributed by atoms with van der Waals surface area (Å²) in [6.07, 6.45) is 2.14. The van der Waals surface area contributed by atoms with Crippen molar-refractivity contribution in [1.29, 1.82) is 0 Å². The van der Waals surface area contributed by atoms with E-state index < -0.39 is 0 Å². The van der Waals surface area contributed by atoms with Crippen molar-refractivity contribution in [2.45, 2.75) is 32.6 Å². The lowest BCUT2D eigenvalue weighted by Crippen LogP contribution is -2.13. The largest absolute Gasteiger partial charge is 0.336 e. The second-order valence-electron chi connectivity index (χ2n) is 7.15. The van der Waals surface area contributed by atoms with Crippen LogP contribution < -0.4 is 10.6 Å². The van der Waals surface area contributed by atoms with E-state index in [1.807, 2.05) is 18.2 Å². The van der Waals surface area contributed by atoms with Gasteiger partial charge >= 0.3 is 0 Å². The summed E-state index contributed by atoms with van der Waals surface area (Å²) < 4.78 is 6.18. The maximum Gasteiger partial charge on any atom is 0.259 e. The predicted molar refractivity (Wildman–Crippen MR) is 110 cm³/mol. The van der Waals surface area contributed by atoms with Crippen molar-refractivity contribution in [2.24, 2.45) is 0 Å². The molecule has 0 saturated heterocycles. The Morgan fingerprint density at radius 1 is 1.17 bits per heavy atom. The summed E-state index contributed by atoms with van der Waals surface area (Å²) in [5, 5.41) is 10.7. The van der Waals surface area contributed by atoms with Crippen molar-refractivity contribution >= 4 is 55.3 Å². The highest BCUT2D eigenvalue weighted by Crippen LogP contribution is 2.40. The van der Waals surface area contributed by atoms with Gasteiger partial charge in [0.15, 0.2) is 5.13 Å². The third kappa shape index (κ3) is 3.33. The van der Waals surface area contributed by atoms with Gasteiger partial charge in [0.2, 0.25) is 5.91 Å². The van der Waals surface area contributed by atoms with Crippen LogP contribution in [0.5, 0.6) is 0 Å². The molecule has 3 heterocycles. The first-order chi connectivity index (χ1) is 14.0. The van der Waals surface area contributed by atoms with Gasteiger partial charge in [-0.25, -0.2) is 9.97 Å². The molecule has 146 valence electrons. The van der Waals surface area contributed by atoms with Gasteiger partial charge in [-0.15, -0.1) is 0 Å². The van der Waals surface area contributed by atoms with E-state index in [1.165, 1.54) is 18.3 Å².